The predicted octanol–water partition coefficient (Wildman–Crippen LogP) is 6.17. The molecule has 1 aliphatic rings. The first-order valence-corrected chi connectivity index (χ1v) is 24.2. The number of nitrogens with zero attached hydrogens (tertiary/aromatic N) is 1. The summed E-state index contributed by atoms with van der Waals surface area (Å²) in [7, 11) is 0. The van der Waals surface area contributed by atoms with Gasteiger partial charge in [-0.15, -0.1) is 0 Å². The van der Waals surface area contributed by atoms with Crippen LogP contribution in [0.1, 0.15) is 79.6 Å². The summed E-state index contributed by atoms with van der Waals surface area (Å²) >= 11 is 7.39. The van der Waals surface area contributed by atoms with Gasteiger partial charge in [0.2, 0.25) is 11.8 Å². The van der Waals surface area contributed by atoms with Crippen LogP contribution in [0.5, 0.6) is 0 Å². The first-order chi connectivity index (χ1) is 14.5. The Labute approximate surface area is 227 Å². The van der Waals surface area contributed by atoms with E-state index in [1.54, 1.807) is 0 Å². The molecule has 1 N–H and O–H groups in total. The molecule has 0 aromatic carbocycles. The van der Waals surface area contributed by atoms with Crippen LogP contribution in [0.3, 0.4) is 0 Å². The third-order valence-corrected chi connectivity index (χ3v) is 5.13. The van der Waals surface area contributed by atoms with Crippen LogP contribution in [0.4, 0.5) is 0 Å². The number of rotatable bonds is 10. The summed E-state index contributed by atoms with van der Waals surface area (Å²) in [5.74, 6) is -0.405. The van der Waals surface area contributed by atoms with Gasteiger partial charge in [-0.25, -0.2) is 0 Å². The minimum absolute atomic E-state index is 0.0171. The van der Waals surface area contributed by atoms with Gasteiger partial charge in [-0.05, 0) is 39.0 Å². The number of ketones is 1. The molecule has 9 heteroatoms. The second-order valence-corrected chi connectivity index (χ2v) is 43.4. The Morgan fingerprint density at radius 1 is 1.19 bits per heavy atom. The third kappa shape index (κ3) is 16.2. The summed E-state index contributed by atoms with van der Waals surface area (Å²) in [5.41, 5.74) is 0. The molecule has 0 radical (unpaired) electrons. The van der Waals surface area contributed by atoms with Crippen LogP contribution in [0.15, 0.2) is 0 Å². The average molecular weight is 809 g/mol. The van der Waals surface area contributed by atoms with E-state index in [-0.39, 0.29) is 46.8 Å². The van der Waals surface area contributed by atoms with E-state index in [9.17, 15) is 14.4 Å². The SMILES string of the molecule is CCCCCC(CC(C)=O)C(=O)NC(C(=O)N1CCC[C@H]1C)C(C)C.[C-]#C.[I][V]([I])[I]. The molecule has 2 unspecified atom stereocenters. The zero-order chi connectivity index (χ0) is 24.6. The topological polar surface area (TPSA) is 66.5 Å². The summed E-state index contributed by atoms with van der Waals surface area (Å²) in [5, 5.41) is 2.96. The first-order valence-electron chi connectivity index (χ1n) is 10.7. The molecule has 31 heavy (non-hydrogen) atoms. The zero-order valence-corrected chi connectivity index (χ0v) is 27.2. The van der Waals surface area contributed by atoms with Gasteiger partial charge in [0.25, 0.3) is 0 Å². The Kier molecular flexibility index (Phi) is 22.4. The van der Waals surface area contributed by atoms with Gasteiger partial charge < -0.3 is 27.9 Å². The van der Waals surface area contributed by atoms with Crippen molar-refractivity contribution in [1.29, 1.82) is 0 Å². The van der Waals surface area contributed by atoms with E-state index in [4.69, 9.17) is 6.42 Å². The molecule has 1 fully saturated rings. The number of carbonyl (C=O) groups is 3. The van der Waals surface area contributed by atoms with Gasteiger partial charge >= 0.3 is 64.9 Å². The fraction of sp³-hybridized carbons (Fsp3) is 0.773. The summed E-state index contributed by atoms with van der Waals surface area (Å²) in [6.07, 6.45) is 15.1. The summed E-state index contributed by atoms with van der Waals surface area (Å²) in [4.78, 5) is 38.8. The molecule has 0 aromatic heterocycles. The van der Waals surface area contributed by atoms with Crippen LogP contribution in [-0.2, 0) is 19.3 Å². The standard InChI is InChI=1S/C20H36N2O3.C2H.3HI.V/c1-6-7-8-11-17(13-16(5)23)19(24)21-18(14(2)3)20(25)22-12-9-10-15(22)4;1-2;;;;/h14-15,17-18H,6-13H2,1-5H3,(H,21,24);1H;3*1H;/q;-1;;;;+3/p-3/t15-,17?,18?;;;;;/m1...../s1. The van der Waals surface area contributed by atoms with E-state index < -0.39 is 6.04 Å². The van der Waals surface area contributed by atoms with Crippen LogP contribution < -0.4 is 5.32 Å². The molecule has 1 saturated heterocycles. The first kappa shape index (κ1) is 34.1. The van der Waals surface area contributed by atoms with E-state index >= 15 is 0 Å². The van der Waals surface area contributed by atoms with Crippen LogP contribution in [0.2, 0.25) is 0 Å². The van der Waals surface area contributed by atoms with Crippen molar-refractivity contribution in [2.24, 2.45) is 11.8 Å². The number of hydrogen-bond donors (Lipinski definition) is 1. The van der Waals surface area contributed by atoms with Gasteiger partial charge in [0.15, 0.2) is 0 Å². The second kappa shape index (κ2) is 20.3. The normalized spacial score (nSPS) is 17.2. The number of Topliss-reactive ketones (excluding diaryl/α,β-unsaturated/α-hetero) is 1. The van der Waals surface area contributed by atoms with Crippen LogP contribution in [0.25, 0.3) is 0 Å². The fourth-order valence-corrected chi connectivity index (χ4v) is 3.54. The number of nitrogens with one attached hydrogen (secondary N) is 1. The van der Waals surface area contributed by atoms with Crippen molar-refractivity contribution in [3.05, 3.63) is 6.42 Å². The van der Waals surface area contributed by atoms with Crippen molar-refractivity contribution < 1.29 is 19.3 Å². The van der Waals surface area contributed by atoms with Gasteiger partial charge in [0.1, 0.15) is 11.8 Å². The van der Waals surface area contributed by atoms with E-state index in [0.717, 1.165) is 38.6 Å². The van der Waals surface area contributed by atoms with Crippen LogP contribution >= 0.6 is 59.9 Å². The van der Waals surface area contributed by atoms with Gasteiger partial charge in [0, 0.05) is 24.9 Å². The van der Waals surface area contributed by atoms with E-state index in [1.807, 2.05) is 18.7 Å². The average Bonchev–Trinajstić information content (AvgIpc) is 3.11. The third-order valence-electron chi connectivity index (χ3n) is 5.13. The molecular weight excluding hydrogens is 772 g/mol. The van der Waals surface area contributed by atoms with Gasteiger partial charge in [0.05, 0.1) is 0 Å². The fourth-order valence-electron chi connectivity index (χ4n) is 3.54. The van der Waals surface area contributed by atoms with Gasteiger partial charge in [-0.3, -0.25) is 9.59 Å². The molecule has 0 aromatic rings. The Morgan fingerprint density at radius 2 is 1.74 bits per heavy atom. The molecule has 2 amide bonds. The minimum atomic E-state index is -0.506. The van der Waals surface area contributed by atoms with Crippen molar-refractivity contribution in [3.8, 4) is 6.42 Å². The Balaban J connectivity index is 0. The van der Waals surface area contributed by atoms with Crippen molar-refractivity contribution in [3.63, 3.8) is 0 Å². The number of unbranched alkanes of at least 4 members (excludes halogenated alkanes) is 2. The van der Waals surface area contributed by atoms with E-state index in [0.29, 0.717) is 6.42 Å². The van der Waals surface area contributed by atoms with Crippen molar-refractivity contribution >= 4 is 77.5 Å². The molecule has 1 rings (SSSR count). The van der Waals surface area contributed by atoms with Crippen LogP contribution in [-0.4, -0.2) is 41.1 Å². The van der Waals surface area contributed by atoms with E-state index in [1.165, 1.54) is 6.92 Å². The molecular formula is C22H37I3N2O3V-. The number of carbonyl (C=O) groups excluding carboxylic acids is 3. The predicted molar refractivity (Wildman–Crippen MR) is 150 cm³/mol. The Morgan fingerprint density at radius 3 is 2.13 bits per heavy atom. The number of amides is 2. The summed E-state index contributed by atoms with van der Waals surface area (Å²) in [6, 6.07) is -0.267. The second-order valence-electron chi connectivity index (χ2n) is 8.04. The van der Waals surface area contributed by atoms with Gasteiger partial charge in [-0.2, -0.15) is 0 Å². The zero-order valence-electron chi connectivity index (χ0n) is 19.3. The molecule has 1 aliphatic heterocycles. The number of terminal acetylenes is 1. The molecule has 1 heterocycles. The maximum absolute atomic E-state index is 12.9. The number of likely N-dealkylation sites (tertiary alicyclic amines) is 1. The molecule has 0 saturated carbocycles. The van der Waals surface area contributed by atoms with Crippen molar-refractivity contribution in [2.75, 3.05) is 6.54 Å². The quantitative estimate of drug-likeness (QED) is 0.124. The molecule has 0 bridgehead atoms. The maximum atomic E-state index is 12.9. The monoisotopic (exact) mass is 809 g/mol. The molecule has 0 spiro atoms. The molecule has 0 aliphatic carbocycles. The summed E-state index contributed by atoms with van der Waals surface area (Å²) < 4.78 is 0. The van der Waals surface area contributed by atoms with Crippen molar-refractivity contribution in [1.82, 2.24) is 10.2 Å². The molecule has 180 valence electrons. The summed E-state index contributed by atoms with van der Waals surface area (Å²) in [6.45, 7) is 10.4. The van der Waals surface area contributed by atoms with Gasteiger partial charge in [-0.1, -0.05) is 40.0 Å². The van der Waals surface area contributed by atoms with Crippen LogP contribution in [0, 0.1) is 24.7 Å². The number of halogens is 3. The molecule has 5 nitrogen and oxygen atoms in total. The van der Waals surface area contributed by atoms with Crippen molar-refractivity contribution in [2.45, 2.75) is 91.6 Å². The Hall–Kier alpha value is 0.944. The number of hydrogen-bond acceptors (Lipinski definition) is 3. The molecule has 3 atom stereocenters. The van der Waals surface area contributed by atoms with E-state index in [2.05, 4.69) is 85.5 Å². The Bertz CT molecular complexity index is 557.